The van der Waals surface area contributed by atoms with Crippen molar-refractivity contribution in [3.8, 4) is 11.3 Å². The van der Waals surface area contributed by atoms with Crippen LogP contribution in [0.1, 0.15) is 31.9 Å². The molecule has 0 saturated carbocycles. The zero-order valence-electron chi connectivity index (χ0n) is 18.0. The summed E-state index contributed by atoms with van der Waals surface area (Å²) in [6.07, 6.45) is 2.03. The monoisotopic (exact) mass is 387 g/mol. The maximum absolute atomic E-state index is 6.39. The van der Waals surface area contributed by atoms with E-state index in [4.69, 9.17) is 9.40 Å². The summed E-state index contributed by atoms with van der Waals surface area (Å²) >= 11 is 0. The van der Waals surface area contributed by atoms with E-state index < -0.39 is 8.07 Å². The van der Waals surface area contributed by atoms with Crippen molar-refractivity contribution in [3.05, 3.63) is 59.8 Å². The summed E-state index contributed by atoms with van der Waals surface area (Å²) in [5.41, 5.74) is 6.63. The topological polar surface area (TPSA) is 26.0 Å². The number of pyridine rings is 1. The van der Waals surface area contributed by atoms with Crippen molar-refractivity contribution in [1.29, 1.82) is 0 Å². The molecule has 3 heteroatoms. The predicted molar refractivity (Wildman–Crippen MR) is 123 cm³/mol. The van der Waals surface area contributed by atoms with Crippen molar-refractivity contribution in [2.24, 2.45) is 0 Å². The fourth-order valence-electron chi connectivity index (χ4n) is 4.14. The van der Waals surface area contributed by atoms with Crippen LogP contribution in [-0.4, -0.2) is 13.1 Å². The molecule has 4 aromatic rings. The van der Waals surface area contributed by atoms with Crippen molar-refractivity contribution >= 4 is 35.2 Å². The Balaban J connectivity index is 2.03. The Morgan fingerprint density at radius 2 is 1.68 bits per heavy atom. The molecule has 0 aliphatic rings. The average molecular weight is 388 g/mol. The summed E-state index contributed by atoms with van der Waals surface area (Å²) < 4.78 is 6.39. The summed E-state index contributed by atoms with van der Waals surface area (Å²) in [6.45, 7) is 16.1. The van der Waals surface area contributed by atoms with Crippen LogP contribution in [0.2, 0.25) is 19.6 Å². The molecule has 2 aromatic heterocycles. The molecule has 2 heterocycles. The van der Waals surface area contributed by atoms with Crippen molar-refractivity contribution < 1.29 is 4.42 Å². The molecular weight excluding hydrogens is 358 g/mol. The van der Waals surface area contributed by atoms with Gasteiger partial charge in [0.1, 0.15) is 11.2 Å². The van der Waals surface area contributed by atoms with E-state index in [0.717, 1.165) is 22.4 Å². The molecule has 4 rings (SSSR count). The largest absolute Gasteiger partial charge is 0.455 e. The molecule has 2 aromatic carbocycles. The summed E-state index contributed by atoms with van der Waals surface area (Å²) in [6, 6.07) is 15.1. The minimum absolute atomic E-state index is 0.0893. The molecule has 0 fully saturated rings. The minimum atomic E-state index is -1.53. The first-order valence-corrected chi connectivity index (χ1v) is 13.5. The standard InChI is InChI=1S/C25H29NOSi/c1-16-14-20(26-15-19(16)25(2,3)4)17-12-13-22(28(5,6)7)23-18-10-8-9-11-21(18)27-24(17)23/h8-15H,1-7H3. The van der Waals surface area contributed by atoms with E-state index in [1.54, 1.807) is 0 Å². The van der Waals surface area contributed by atoms with Crippen LogP contribution in [-0.2, 0) is 5.41 Å². The summed E-state index contributed by atoms with van der Waals surface area (Å²) in [5, 5.41) is 3.92. The number of aromatic nitrogens is 1. The van der Waals surface area contributed by atoms with Gasteiger partial charge in [-0.1, -0.05) is 64.7 Å². The first kappa shape index (κ1) is 18.9. The van der Waals surface area contributed by atoms with Gasteiger partial charge in [0.25, 0.3) is 0 Å². The molecular formula is C25H29NOSi. The number of para-hydroxylation sites is 1. The second-order valence-electron chi connectivity index (χ2n) is 9.85. The zero-order valence-corrected chi connectivity index (χ0v) is 19.0. The number of fused-ring (bicyclic) bond motifs is 3. The average Bonchev–Trinajstić information content (AvgIpc) is 2.98. The smallest absolute Gasteiger partial charge is 0.144 e. The van der Waals surface area contributed by atoms with E-state index >= 15 is 0 Å². The van der Waals surface area contributed by atoms with E-state index in [-0.39, 0.29) is 5.41 Å². The lowest BCUT2D eigenvalue weighted by molar-refractivity contribution is 0.583. The van der Waals surface area contributed by atoms with E-state index in [0.29, 0.717) is 0 Å². The fraction of sp³-hybridized carbons (Fsp3) is 0.320. The zero-order chi connectivity index (χ0) is 20.3. The van der Waals surface area contributed by atoms with E-state index in [9.17, 15) is 0 Å². The highest BCUT2D eigenvalue weighted by Gasteiger charge is 2.25. The lowest BCUT2D eigenvalue weighted by atomic mass is 9.85. The van der Waals surface area contributed by atoms with Gasteiger partial charge in [-0.15, -0.1) is 0 Å². The Bertz CT molecular complexity index is 1190. The molecule has 0 N–H and O–H groups in total. The highest BCUT2D eigenvalue weighted by molar-refractivity contribution is 6.90. The first-order valence-electron chi connectivity index (χ1n) is 9.99. The molecule has 0 aliphatic heterocycles. The molecule has 144 valence electrons. The Labute approximate surface area is 168 Å². The van der Waals surface area contributed by atoms with Gasteiger partial charge < -0.3 is 4.42 Å². The third-order valence-electron chi connectivity index (χ3n) is 5.53. The molecule has 0 atom stereocenters. The number of aryl methyl sites for hydroxylation is 1. The predicted octanol–water partition coefficient (Wildman–Crippen LogP) is 6.80. The van der Waals surface area contributed by atoms with Crippen molar-refractivity contribution in [3.63, 3.8) is 0 Å². The second-order valence-corrected chi connectivity index (χ2v) is 14.9. The first-order chi connectivity index (χ1) is 13.1. The second kappa shape index (κ2) is 6.31. The van der Waals surface area contributed by atoms with Crippen molar-refractivity contribution in [2.75, 3.05) is 0 Å². The van der Waals surface area contributed by atoms with Gasteiger partial charge in [0.05, 0.1) is 13.8 Å². The quantitative estimate of drug-likeness (QED) is 0.354. The molecule has 0 bridgehead atoms. The summed E-state index contributed by atoms with van der Waals surface area (Å²) in [5.74, 6) is 0. The molecule has 0 unspecified atom stereocenters. The number of nitrogens with zero attached hydrogens (tertiary/aromatic N) is 1. The van der Waals surface area contributed by atoms with Gasteiger partial charge in [0.15, 0.2) is 0 Å². The van der Waals surface area contributed by atoms with Crippen LogP contribution in [0.3, 0.4) is 0 Å². The fourth-order valence-corrected chi connectivity index (χ4v) is 5.72. The van der Waals surface area contributed by atoms with Crippen LogP contribution < -0.4 is 5.19 Å². The number of rotatable bonds is 2. The maximum Gasteiger partial charge on any atom is 0.144 e. The van der Waals surface area contributed by atoms with Gasteiger partial charge in [-0.3, -0.25) is 4.98 Å². The lowest BCUT2D eigenvalue weighted by Crippen LogP contribution is -2.37. The number of hydrogen-bond acceptors (Lipinski definition) is 2. The van der Waals surface area contributed by atoms with Gasteiger partial charge in [-0.25, -0.2) is 0 Å². The van der Waals surface area contributed by atoms with Crippen LogP contribution in [0.25, 0.3) is 33.2 Å². The third-order valence-corrected chi connectivity index (χ3v) is 7.56. The van der Waals surface area contributed by atoms with Gasteiger partial charge in [-0.2, -0.15) is 0 Å². The molecule has 0 amide bonds. The van der Waals surface area contributed by atoms with Crippen LogP contribution in [0.5, 0.6) is 0 Å². The van der Waals surface area contributed by atoms with E-state index in [1.165, 1.54) is 27.1 Å². The Morgan fingerprint density at radius 3 is 2.32 bits per heavy atom. The van der Waals surface area contributed by atoms with Gasteiger partial charge in [0.2, 0.25) is 0 Å². The van der Waals surface area contributed by atoms with Crippen LogP contribution in [0, 0.1) is 6.92 Å². The lowest BCUT2D eigenvalue weighted by Gasteiger charge is -2.22. The van der Waals surface area contributed by atoms with Crippen LogP contribution in [0.4, 0.5) is 0 Å². The van der Waals surface area contributed by atoms with Crippen molar-refractivity contribution in [2.45, 2.75) is 52.8 Å². The van der Waals surface area contributed by atoms with E-state index in [1.807, 2.05) is 12.3 Å². The van der Waals surface area contributed by atoms with E-state index in [2.05, 4.69) is 83.7 Å². The molecule has 0 spiro atoms. The minimum Gasteiger partial charge on any atom is -0.455 e. The van der Waals surface area contributed by atoms with Crippen molar-refractivity contribution in [1.82, 2.24) is 4.98 Å². The molecule has 0 saturated heterocycles. The normalized spacial score (nSPS) is 12.8. The maximum atomic E-state index is 6.39. The number of hydrogen-bond donors (Lipinski definition) is 0. The van der Waals surface area contributed by atoms with Crippen LogP contribution in [0.15, 0.2) is 53.1 Å². The summed E-state index contributed by atoms with van der Waals surface area (Å²) in [4.78, 5) is 4.84. The van der Waals surface area contributed by atoms with Gasteiger partial charge >= 0.3 is 0 Å². The number of benzene rings is 2. The Kier molecular flexibility index (Phi) is 4.27. The number of furan rings is 1. The molecule has 0 aliphatic carbocycles. The summed E-state index contributed by atoms with van der Waals surface area (Å²) in [7, 11) is -1.53. The molecule has 0 radical (unpaired) electrons. The van der Waals surface area contributed by atoms with Crippen LogP contribution >= 0.6 is 0 Å². The Morgan fingerprint density at radius 1 is 0.964 bits per heavy atom. The molecule has 2 nitrogen and oxygen atoms in total. The highest BCUT2D eigenvalue weighted by Crippen LogP contribution is 2.36. The Hall–Kier alpha value is -2.39. The SMILES string of the molecule is Cc1cc(-c2ccc([Si](C)(C)C)c3c2oc2ccccc23)ncc1C(C)(C)C. The molecule has 28 heavy (non-hydrogen) atoms. The highest BCUT2D eigenvalue weighted by atomic mass is 28.3. The van der Waals surface area contributed by atoms with Gasteiger partial charge in [-0.05, 0) is 46.9 Å². The van der Waals surface area contributed by atoms with Gasteiger partial charge in [0, 0.05) is 22.5 Å². The third kappa shape index (κ3) is 3.08.